The topological polar surface area (TPSA) is 592 Å². The normalized spacial score (nSPS) is 11.3. The Morgan fingerprint density at radius 3 is 0.915 bits per heavy atom. The Hall–Kier alpha value is -19.1. The van der Waals surface area contributed by atoms with Crippen LogP contribution < -0.4 is 56.2 Å². The minimum Gasteiger partial charge on any atom is -0.508 e. The molecule has 0 bridgehead atoms. The Kier molecular flexibility index (Phi) is 26.5. The molecule has 9 aromatic carbocycles. The summed E-state index contributed by atoms with van der Waals surface area (Å²) in [6, 6.07) is 41.7. The van der Waals surface area contributed by atoms with Gasteiger partial charge in [0.15, 0.2) is 113 Å². The quantitative estimate of drug-likeness (QED) is 0.0502. The molecule has 19 rings (SSSR count). The van der Waals surface area contributed by atoms with E-state index in [1.54, 1.807) is 140 Å². The lowest BCUT2D eigenvalue weighted by atomic mass is 10.1. The third-order valence-electron chi connectivity index (χ3n) is 24.2. The van der Waals surface area contributed by atoms with Gasteiger partial charge in [-0.3, -0.25) is 69.6 Å². The summed E-state index contributed by atoms with van der Waals surface area (Å²) >= 11 is 0. The molecule has 0 fully saturated rings. The smallest absolute Gasteiger partial charge is 0.333 e. The zero-order valence-corrected chi connectivity index (χ0v) is 78.1. The Bertz CT molecular complexity index is 8980. The van der Waals surface area contributed by atoms with E-state index >= 15 is 0 Å². The number of phenols is 14. The van der Waals surface area contributed by atoms with Gasteiger partial charge in [0.05, 0.1) is 51.7 Å². The number of phenolic OH excluding ortho intramolecular Hbond substituents is 14. The summed E-state index contributed by atoms with van der Waals surface area (Å²) in [5.74, 6) is -1.54. The van der Waals surface area contributed by atoms with E-state index in [0.29, 0.717) is 67.3 Å². The Morgan fingerprint density at radius 1 is 0.218 bits per heavy atom. The molecule has 0 aliphatic carbocycles. The first-order valence-electron chi connectivity index (χ1n) is 43.2. The number of hydrogen-bond acceptors (Lipinski definition) is 29. The van der Waals surface area contributed by atoms with E-state index in [-0.39, 0.29) is 171 Å². The molecule has 0 amide bonds. The second-order valence-electron chi connectivity index (χ2n) is 34.0. The van der Waals surface area contributed by atoms with E-state index in [9.17, 15) is 119 Å². The summed E-state index contributed by atoms with van der Waals surface area (Å²) in [4.78, 5) is 149. The van der Waals surface area contributed by atoms with E-state index in [1.165, 1.54) is 154 Å². The van der Waals surface area contributed by atoms with Gasteiger partial charge in [-0.2, -0.15) is 0 Å². The molecule has 44 nitrogen and oxygen atoms in total. The first-order chi connectivity index (χ1) is 67.3. The van der Waals surface area contributed by atoms with Crippen LogP contribution in [0.2, 0.25) is 0 Å². The number of imidazole rings is 5. The number of hydrogen-bond donors (Lipinski definition) is 14. The number of benzene rings is 9. The fourth-order valence-electron chi connectivity index (χ4n) is 16.0. The van der Waals surface area contributed by atoms with Gasteiger partial charge < -0.3 is 94.3 Å². The number of rotatable bonds is 16. The molecule has 0 atom stereocenters. The summed E-state index contributed by atoms with van der Waals surface area (Å²) < 4.78 is 19.7. The third-order valence-corrected chi connectivity index (χ3v) is 24.2. The summed E-state index contributed by atoms with van der Waals surface area (Å²) in [6.07, 6.45) is 4.39. The molecule has 44 heteroatoms. The lowest BCUT2D eigenvalue weighted by molar-refractivity contribution is 0.402. The average molecular weight is 1940 g/mol. The van der Waals surface area contributed by atoms with E-state index in [1.807, 2.05) is 18.2 Å². The molecule has 0 aliphatic heterocycles. The summed E-state index contributed by atoms with van der Waals surface area (Å²) in [7, 11) is 12.2. The zero-order valence-electron chi connectivity index (χ0n) is 78.1. The molecule has 0 aliphatic rings. The fraction of sp³-hybridized carbons (Fsp3) is 0.194. The van der Waals surface area contributed by atoms with Crippen molar-refractivity contribution in [3.05, 3.63) is 348 Å². The van der Waals surface area contributed by atoms with Crippen LogP contribution in [0.1, 0.15) is 61.2 Å². The largest absolute Gasteiger partial charge is 0.508 e. The minimum atomic E-state index is -0.633. The van der Waals surface area contributed by atoms with Gasteiger partial charge in [0.1, 0.15) is 34.6 Å². The van der Waals surface area contributed by atoms with Crippen LogP contribution in [0.25, 0.3) is 78.6 Å². The molecule has 730 valence electrons. The highest BCUT2D eigenvalue weighted by molar-refractivity contribution is 5.80. The highest BCUT2D eigenvalue weighted by atomic mass is 16.3. The van der Waals surface area contributed by atoms with Gasteiger partial charge in [-0.05, 0) is 174 Å². The molecule has 10 aromatic heterocycles. The standard InChI is InChI=1S/3C21H20N4O5.C20H18N4O6.C15H16N4O3/c1-11-4-6-13(9-15(11)27)18-22-19-17(20(29)24(3)21(30)23(19)2)25(18)10-12-5-7-14(26)16(28)8-12;1-12-3-4-13(7-16(12)27)9-24-11-22-19-18(24)20(29)23(2)21(30)25(19)10-14-5-6-15(26)17(28)8-14;1-12-3-4-13(7-16(12)27)9-24-11-22-19-18(24)20(29)25(21(30)23(19)2)10-14-5-6-15(26)17(28)8-14;1-22-10-21-18-17(22)19(29)24(9-12-3-5-14(26)16(28)7-12)20(30)23(18)8-11-2-4-13(25)15(27)6-11;1-8-5-6-9(7-10(8)20)12-16-13-11(17(12)2)14(21)19(4)15(22)18(13)3/h4-9,26-28H,10H2,1-3H3;2*3-8,11,26-28H,9-10H2,1-2H3;2-7,10,25-28H,8-9H2,1H3;5-7,20H,1-4H3. The highest BCUT2D eigenvalue weighted by Crippen LogP contribution is 2.35. The van der Waals surface area contributed by atoms with Gasteiger partial charge in [-0.25, -0.2) is 48.9 Å². The molecule has 19 aromatic rings. The van der Waals surface area contributed by atoms with Crippen LogP contribution >= 0.6 is 0 Å². The van der Waals surface area contributed by atoms with Crippen molar-refractivity contribution in [2.24, 2.45) is 56.4 Å². The van der Waals surface area contributed by atoms with Crippen molar-refractivity contribution in [1.29, 1.82) is 0 Å². The van der Waals surface area contributed by atoms with Crippen LogP contribution in [-0.2, 0) is 102 Å². The van der Waals surface area contributed by atoms with Gasteiger partial charge in [0.25, 0.3) is 27.8 Å². The molecular formula is C98H94N20O24. The van der Waals surface area contributed by atoms with Crippen LogP contribution in [0.4, 0.5) is 0 Å². The zero-order chi connectivity index (χ0) is 103. The van der Waals surface area contributed by atoms with Crippen LogP contribution in [0.3, 0.4) is 0 Å². The van der Waals surface area contributed by atoms with Crippen molar-refractivity contribution >= 4 is 55.8 Å². The first-order valence-corrected chi connectivity index (χ1v) is 43.2. The van der Waals surface area contributed by atoms with Crippen molar-refractivity contribution in [3.8, 4) is 103 Å². The Labute approximate surface area is 798 Å². The lowest BCUT2D eigenvalue weighted by Gasteiger charge is -2.13. The van der Waals surface area contributed by atoms with Gasteiger partial charge in [-0.15, -0.1) is 0 Å². The van der Waals surface area contributed by atoms with Gasteiger partial charge in [0.2, 0.25) is 0 Å². The van der Waals surface area contributed by atoms with Crippen molar-refractivity contribution in [1.82, 2.24) is 93.4 Å². The molecule has 0 unspecified atom stereocenters. The number of aromatic nitrogens is 20. The minimum absolute atomic E-state index is 0.00128. The lowest BCUT2D eigenvalue weighted by Crippen LogP contribution is -2.41. The molecule has 0 saturated carbocycles. The summed E-state index contributed by atoms with van der Waals surface area (Å²) in [5, 5.41) is 136. The van der Waals surface area contributed by atoms with E-state index in [2.05, 4.69) is 24.9 Å². The van der Waals surface area contributed by atoms with Crippen LogP contribution in [0.15, 0.2) is 231 Å². The Balaban J connectivity index is 0.000000134. The van der Waals surface area contributed by atoms with Crippen LogP contribution in [0, 0.1) is 27.7 Å². The number of aryl methyl sites for hydroxylation is 9. The van der Waals surface area contributed by atoms with Crippen molar-refractivity contribution in [3.63, 3.8) is 0 Å². The summed E-state index contributed by atoms with van der Waals surface area (Å²) in [5.41, 5.74) is 5.72. The third kappa shape index (κ3) is 18.7. The number of nitrogens with zero attached hydrogens (tertiary/aromatic N) is 20. The fourth-order valence-corrected chi connectivity index (χ4v) is 16.0. The monoisotopic (exact) mass is 1930 g/mol. The van der Waals surface area contributed by atoms with E-state index in [0.717, 1.165) is 50.7 Å². The van der Waals surface area contributed by atoms with Gasteiger partial charge in [-0.1, -0.05) is 78.9 Å². The Morgan fingerprint density at radius 2 is 0.500 bits per heavy atom. The molecule has 0 saturated heterocycles. The maximum Gasteiger partial charge on any atom is 0.333 e. The second-order valence-corrected chi connectivity index (χ2v) is 34.0. The predicted octanol–water partition coefficient (Wildman–Crippen LogP) is 5.88. The number of fused-ring (bicyclic) bond motifs is 5. The second kappa shape index (κ2) is 38.6. The van der Waals surface area contributed by atoms with Crippen molar-refractivity contribution in [2.45, 2.75) is 73.5 Å². The molecule has 142 heavy (non-hydrogen) atoms. The maximum absolute atomic E-state index is 13.2. The summed E-state index contributed by atoms with van der Waals surface area (Å²) in [6.45, 7) is 7.72. The van der Waals surface area contributed by atoms with Crippen molar-refractivity contribution in [2.75, 3.05) is 0 Å². The molecular weight excluding hydrogens is 1840 g/mol. The molecule has 10 heterocycles. The van der Waals surface area contributed by atoms with Crippen molar-refractivity contribution < 1.29 is 71.5 Å². The van der Waals surface area contributed by atoms with E-state index < -0.39 is 56.2 Å². The highest BCUT2D eigenvalue weighted by Gasteiger charge is 2.27. The molecule has 0 radical (unpaired) electrons. The molecule has 0 spiro atoms. The van der Waals surface area contributed by atoms with E-state index in [4.69, 9.17) is 0 Å². The first kappa shape index (κ1) is 97.5. The average Bonchev–Trinajstić information content (AvgIpc) is 1.58. The van der Waals surface area contributed by atoms with Gasteiger partial charge in [0, 0.05) is 80.6 Å². The van der Waals surface area contributed by atoms with Crippen LogP contribution in [0.5, 0.6) is 80.5 Å². The molecule has 14 N–H and O–H groups in total. The van der Waals surface area contributed by atoms with Crippen LogP contribution in [-0.4, -0.2) is 165 Å². The number of aromatic hydroxyl groups is 14. The predicted molar refractivity (Wildman–Crippen MR) is 521 cm³/mol. The van der Waals surface area contributed by atoms with Gasteiger partial charge >= 0.3 is 28.4 Å². The maximum atomic E-state index is 13.2. The SMILES string of the molecule is Cc1ccc(-c2nc3c(c(=O)n(C)c(=O)n3C)n2C)cc1O.Cc1ccc(-c2nc3c(c(=O)n(C)c(=O)n3C)n2Cc2ccc(O)c(O)c2)cc1O.Cc1ccc(Cn2cnc3c2c(=O)n(C)c(=O)n3Cc2ccc(O)c(O)c2)cc1O.Cc1ccc(Cn2cnc3c2c(=O)n(Cc2ccc(O)c(O)c2)c(=O)n3C)cc1O.Cn1cnc2c1c(=O)n(Cc1ccc(O)c(O)c1)c(=O)n2Cc1ccc(O)c(O)c1.